The van der Waals surface area contributed by atoms with Gasteiger partial charge in [0, 0.05) is 39.3 Å². The van der Waals surface area contributed by atoms with E-state index < -0.39 is 0 Å². The molecule has 4 aliphatic rings. The second kappa shape index (κ2) is 13.4. The molecule has 11 rings (SSSR count). The third-order valence-electron chi connectivity index (χ3n) is 14.1. The lowest BCUT2D eigenvalue weighted by atomic mass is 9.64. The SMILES string of the molecule is c1ccc(N(c2ccccc2)c2ccc(C3(c4ccc(N(c5ccccc5)c5cccc6c5C5(CCCC5)c5ccccc5-6)cc4)CC4CCC3C4)cc2)cc1. The molecule has 2 heteroatoms. The van der Waals surface area contributed by atoms with E-state index in [4.69, 9.17) is 0 Å². The van der Waals surface area contributed by atoms with E-state index in [0.717, 1.165) is 5.92 Å². The molecule has 0 radical (unpaired) electrons. The van der Waals surface area contributed by atoms with E-state index in [1.165, 1.54) is 119 Å². The second-order valence-corrected chi connectivity index (χ2v) is 16.9. The van der Waals surface area contributed by atoms with Crippen LogP contribution in [0.4, 0.5) is 34.1 Å². The van der Waals surface area contributed by atoms with Crippen LogP contribution in [0.3, 0.4) is 0 Å². The summed E-state index contributed by atoms with van der Waals surface area (Å²) in [6.45, 7) is 0. The normalized spacial score (nSPS) is 21.2. The van der Waals surface area contributed by atoms with E-state index in [2.05, 4.69) is 192 Å². The van der Waals surface area contributed by atoms with Crippen molar-refractivity contribution in [2.75, 3.05) is 9.80 Å². The zero-order chi connectivity index (χ0) is 37.1. The maximum atomic E-state index is 2.55. The largest absolute Gasteiger partial charge is 0.311 e. The molecule has 7 aromatic rings. The summed E-state index contributed by atoms with van der Waals surface area (Å²) in [6, 6.07) is 68.3. The van der Waals surface area contributed by atoms with Crippen LogP contribution in [0.15, 0.2) is 182 Å². The third-order valence-corrected chi connectivity index (χ3v) is 14.1. The summed E-state index contributed by atoms with van der Waals surface area (Å²) < 4.78 is 0. The number of fused-ring (bicyclic) bond motifs is 7. The van der Waals surface area contributed by atoms with Crippen LogP contribution in [0, 0.1) is 11.8 Å². The summed E-state index contributed by atoms with van der Waals surface area (Å²) >= 11 is 0. The van der Waals surface area contributed by atoms with Gasteiger partial charge < -0.3 is 9.80 Å². The molecule has 1 spiro atoms. The van der Waals surface area contributed by atoms with Crippen molar-refractivity contribution in [3.05, 3.63) is 204 Å². The lowest BCUT2D eigenvalue weighted by Gasteiger charge is -2.40. The smallest absolute Gasteiger partial charge is 0.0508 e. The Labute approximate surface area is 332 Å². The molecule has 3 unspecified atom stereocenters. The zero-order valence-corrected chi connectivity index (χ0v) is 32.0. The highest BCUT2D eigenvalue weighted by Gasteiger charge is 2.53. The summed E-state index contributed by atoms with van der Waals surface area (Å²) in [6.07, 6.45) is 10.2. The van der Waals surface area contributed by atoms with Gasteiger partial charge in [-0.2, -0.15) is 0 Å². The molecule has 3 fully saturated rings. The Morgan fingerprint density at radius 1 is 0.429 bits per heavy atom. The van der Waals surface area contributed by atoms with Gasteiger partial charge in [-0.15, -0.1) is 0 Å². The first kappa shape index (κ1) is 33.5. The maximum Gasteiger partial charge on any atom is 0.0508 e. The molecule has 0 amide bonds. The monoisotopic (exact) mass is 724 g/mol. The van der Waals surface area contributed by atoms with E-state index in [1.54, 1.807) is 0 Å². The van der Waals surface area contributed by atoms with Crippen LogP contribution in [-0.2, 0) is 10.8 Å². The fraction of sp³-hybridized carbons (Fsp3) is 0.222. The number of hydrogen-bond donors (Lipinski definition) is 0. The first-order chi connectivity index (χ1) is 27.7. The second-order valence-electron chi connectivity index (χ2n) is 16.9. The summed E-state index contributed by atoms with van der Waals surface area (Å²) in [4.78, 5) is 4.93. The highest BCUT2D eigenvalue weighted by molar-refractivity contribution is 5.91. The topological polar surface area (TPSA) is 6.48 Å². The Morgan fingerprint density at radius 3 is 1.48 bits per heavy atom. The van der Waals surface area contributed by atoms with Gasteiger partial charge >= 0.3 is 0 Å². The van der Waals surface area contributed by atoms with Crippen molar-refractivity contribution in [3.8, 4) is 11.1 Å². The molecule has 274 valence electrons. The predicted molar refractivity (Wildman–Crippen MR) is 233 cm³/mol. The molecule has 56 heavy (non-hydrogen) atoms. The Morgan fingerprint density at radius 2 is 0.929 bits per heavy atom. The van der Waals surface area contributed by atoms with Crippen molar-refractivity contribution >= 4 is 34.1 Å². The first-order valence-electron chi connectivity index (χ1n) is 20.9. The molecule has 0 N–H and O–H groups in total. The average Bonchev–Trinajstić information content (AvgIpc) is 4.08. The molecule has 3 atom stereocenters. The molecule has 3 saturated carbocycles. The van der Waals surface area contributed by atoms with Gasteiger partial charge in [0.15, 0.2) is 0 Å². The van der Waals surface area contributed by atoms with Crippen LogP contribution < -0.4 is 9.80 Å². The minimum absolute atomic E-state index is 0.0193. The average molecular weight is 725 g/mol. The summed E-state index contributed by atoms with van der Waals surface area (Å²) in [5.41, 5.74) is 16.2. The van der Waals surface area contributed by atoms with E-state index in [9.17, 15) is 0 Å². The zero-order valence-electron chi connectivity index (χ0n) is 32.0. The fourth-order valence-electron chi connectivity index (χ4n) is 11.8. The first-order valence-corrected chi connectivity index (χ1v) is 20.9. The van der Waals surface area contributed by atoms with Crippen LogP contribution >= 0.6 is 0 Å². The highest BCUT2D eigenvalue weighted by Crippen LogP contribution is 2.62. The van der Waals surface area contributed by atoms with Crippen molar-refractivity contribution in [1.82, 2.24) is 0 Å². The van der Waals surface area contributed by atoms with E-state index in [1.807, 2.05) is 0 Å². The van der Waals surface area contributed by atoms with Gasteiger partial charge in [-0.1, -0.05) is 135 Å². The van der Waals surface area contributed by atoms with Gasteiger partial charge in [-0.05, 0) is 144 Å². The van der Waals surface area contributed by atoms with Crippen molar-refractivity contribution in [1.29, 1.82) is 0 Å². The maximum absolute atomic E-state index is 2.55. The van der Waals surface area contributed by atoms with E-state index in [0.29, 0.717) is 5.92 Å². The van der Waals surface area contributed by atoms with Gasteiger partial charge in [0.2, 0.25) is 0 Å². The fourth-order valence-corrected chi connectivity index (χ4v) is 11.8. The van der Waals surface area contributed by atoms with Gasteiger partial charge in [-0.25, -0.2) is 0 Å². The number of anilines is 6. The summed E-state index contributed by atoms with van der Waals surface area (Å²) in [7, 11) is 0. The Hall–Kier alpha value is -5.86. The van der Waals surface area contributed by atoms with Crippen molar-refractivity contribution in [2.45, 2.75) is 62.2 Å². The van der Waals surface area contributed by atoms with Crippen molar-refractivity contribution in [2.24, 2.45) is 11.8 Å². The van der Waals surface area contributed by atoms with Crippen molar-refractivity contribution < 1.29 is 0 Å². The Bertz CT molecular complexity index is 2440. The summed E-state index contributed by atoms with van der Waals surface area (Å²) in [5, 5.41) is 0. The molecular formula is C54H48N2. The molecule has 2 nitrogen and oxygen atoms in total. The predicted octanol–water partition coefficient (Wildman–Crippen LogP) is 14.6. The summed E-state index contributed by atoms with van der Waals surface area (Å²) in [5.74, 6) is 1.45. The molecule has 0 heterocycles. The molecule has 7 aromatic carbocycles. The minimum atomic E-state index is 0.0193. The number of benzene rings is 7. The van der Waals surface area contributed by atoms with Crippen LogP contribution in [0.25, 0.3) is 11.1 Å². The molecule has 0 saturated heterocycles. The molecule has 4 aliphatic carbocycles. The number of nitrogens with zero attached hydrogens (tertiary/aromatic N) is 2. The van der Waals surface area contributed by atoms with Gasteiger partial charge in [0.1, 0.15) is 0 Å². The number of para-hydroxylation sites is 3. The molecule has 0 aliphatic heterocycles. The lowest BCUT2D eigenvalue weighted by Crippen LogP contribution is -2.34. The van der Waals surface area contributed by atoms with Crippen LogP contribution in [0.1, 0.15) is 73.6 Å². The van der Waals surface area contributed by atoms with Crippen molar-refractivity contribution in [3.63, 3.8) is 0 Å². The Kier molecular flexibility index (Phi) is 8.02. The third kappa shape index (κ3) is 5.15. The van der Waals surface area contributed by atoms with Crippen LogP contribution in [0.2, 0.25) is 0 Å². The Balaban J connectivity index is 1.01. The molecular weight excluding hydrogens is 677 g/mol. The minimum Gasteiger partial charge on any atom is -0.311 e. The van der Waals surface area contributed by atoms with Gasteiger partial charge in [0.05, 0.1) is 5.69 Å². The number of hydrogen-bond acceptors (Lipinski definition) is 2. The van der Waals surface area contributed by atoms with Crippen LogP contribution in [-0.4, -0.2) is 0 Å². The van der Waals surface area contributed by atoms with Crippen LogP contribution in [0.5, 0.6) is 0 Å². The molecule has 0 aromatic heterocycles. The number of rotatable bonds is 8. The van der Waals surface area contributed by atoms with Gasteiger partial charge in [-0.3, -0.25) is 0 Å². The van der Waals surface area contributed by atoms with E-state index in [-0.39, 0.29) is 10.8 Å². The molecule has 2 bridgehead atoms. The van der Waals surface area contributed by atoms with E-state index >= 15 is 0 Å². The standard InChI is InChI=1S/C54H48N2/c1-4-15-43(16-5-1)55(44-17-6-2-7-18-44)46-31-27-40(28-32-46)54(38-39-25-26-42(54)37-39)41-29-33-47(34-30-41)56(45-19-8-3-9-20-45)51-24-14-22-49-48-21-10-11-23-50(48)53(52(49)51)35-12-13-36-53/h1-11,14-24,27-34,39,42H,12-13,25-26,35-38H2. The van der Waals surface area contributed by atoms with Gasteiger partial charge in [0.25, 0.3) is 0 Å². The highest BCUT2D eigenvalue weighted by atomic mass is 15.1. The lowest BCUT2D eigenvalue weighted by molar-refractivity contribution is 0.320. The quantitative estimate of drug-likeness (QED) is 0.154.